The number of anilines is 3. The van der Waals surface area contributed by atoms with Crippen LogP contribution in [0.4, 0.5) is 30.8 Å². The Bertz CT molecular complexity index is 1220. The van der Waals surface area contributed by atoms with Crippen LogP contribution in [0.3, 0.4) is 0 Å². The van der Waals surface area contributed by atoms with Gasteiger partial charge in [0.1, 0.15) is 36.7 Å². The first-order chi connectivity index (χ1) is 18.3. The van der Waals surface area contributed by atoms with Gasteiger partial charge in [-0.15, -0.1) is 0 Å². The maximum Gasteiger partial charge on any atom is 0.324 e. The second-order valence-corrected chi connectivity index (χ2v) is 9.51. The number of alkyl halides is 2. The van der Waals surface area contributed by atoms with Gasteiger partial charge in [-0.1, -0.05) is 5.16 Å². The van der Waals surface area contributed by atoms with E-state index in [1.807, 2.05) is 0 Å². The Labute approximate surface area is 218 Å². The summed E-state index contributed by atoms with van der Waals surface area (Å²) in [5, 5.41) is 11.4. The van der Waals surface area contributed by atoms with Crippen molar-refractivity contribution in [2.75, 3.05) is 49.4 Å². The molecule has 10 nitrogen and oxygen atoms in total. The summed E-state index contributed by atoms with van der Waals surface area (Å²) in [5.41, 5.74) is -0.269. The topological polar surface area (TPSA) is 122 Å². The molecule has 0 saturated carbocycles. The van der Waals surface area contributed by atoms with Crippen LogP contribution in [0.1, 0.15) is 36.0 Å². The Kier molecular flexibility index (Phi) is 8.52. The Hall–Kier alpha value is -4.06. The van der Waals surface area contributed by atoms with Crippen molar-refractivity contribution in [3.05, 3.63) is 60.1 Å². The van der Waals surface area contributed by atoms with E-state index in [1.54, 1.807) is 42.6 Å². The predicted molar refractivity (Wildman–Crippen MR) is 138 cm³/mol. The largest absolute Gasteiger partial charge is 0.489 e. The van der Waals surface area contributed by atoms with Crippen LogP contribution in [0, 0.1) is 0 Å². The lowest BCUT2D eigenvalue weighted by Gasteiger charge is -2.29. The molecule has 1 fully saturated rings. The molecular formula is C26H30F2N6O4. The van der Waals surface area contributed by atoms with Gasteiger partial charge < -0.3 is 24.8 Å². The van der Waals surface area contributed by atoms with Gasteiger partial charge in [0.05, 0.1) is 11.6 Å². The molecule has 3 heterocycles. The number of ether oxygens (including phenoxy) is 1. The van der Waals surface area contributed by atoms with Crippen LogP contribution in [0.5, 0.6) is 5.75 Å². The minimum atomic E-state index is -1.46. The molecule has 0 aliphatic carbocycles. The third kappa shape index (κ3) is 6.82. The van der Waals surface area contributed by atoms with Gasteiger partial charge in [0.15, 0.2) is 5.82 Å². The molecule has 202 valence electrons. The molecule has 0 bridgehead atoms. The highest BCUT2D eigenvalue weighted by Gasteiger charge is 2.32. The lowest BCUT2D eigenvalue weighted by Crippen LogP contribution is -2.35. The zero-order valence-electron chi connectivity index (χ0n) is 21.2. The van der Waals surface area contributed by atoms with Crippen molar-refractivity contribution < 1.29 is 27.6 Å². The number of urea groups is 1. The van der Waals surface area contributed by atoms with Gasteiger partial charge in [-0.25, -0.2) is 18.6 Å². The monoisotopic (exact) mass is 528 g/mol. The third-order valence-electron chi connectivity index (χ3n) is 6.27. The van der Waals surface area contributed by atoms with Gasteiger partial charge >= 0.3 is 6.03 Å². The van der Waals surface area contributed by atoms with E-state index in [0.717, 1.165) is 25.9 Å². The number of amides is 3. The number of likely N-dealkylation sites (tertiary alicyclic amines) is 1. The van der Waals surface area contributed by atoms with Crippen molar-refractivity contribution in [1.82, 2.24) is 15.0 Å². The summed E-state index contributed by atoms with van der Waals surface area (Å²) in [4.78, 5) is 31.3. The van der Waals surface area contributed by atoms with Gasteiger partial charge in [-0.2, -0.15) is 0 Å². The molecule has 1 aromatic carbocycles. The molecule has 0 radical (unpaired) electrons. The zero-order valence-corrected chi connectivity index (χ0v) is 21.2. The van der Waals surface area contributed by atoms with Crippen molar-refractivity contribution in [1.29, 1.82) is 0 Å². The van der Waals surface area contributed by atoms with Crippen LogP contribution < -0.4 is 20.7 Å². The molecule has 1 saturated heterocycles. The molecule has 0 unspecified atom stereocenters. The summed E-state index contributed by atoms with van der Waals surface area (Å²) in [6.07, 6.45) is 3.60. The molecule has 0 spiro atoms. The third-order valence-corrected chi connectivity index (χ3v) is 6.27. The van der Waals surface area contributed by atoms with Crippen LogP contribution in [0.2, 0.25) is 0 Å². The number of aromatic nitrogens is 2. The number of nitrogens with one attached hydrogen (secondary N) is 3. The van der Waals surface area contributed by atoms with Gasteiger partial charge in [-0.3, -0.25) is 10.1 Å². The van der Waals surface area contributed by atoms with Gasteiger partial charge in [-0.05, 0) is 63.2 Å². The molecule has 4 rings (SSSR count). The van der Waals surface area contributed by atoms with E-state index in [2.05, 4.69) is 38.0 Å². The number of benzene rings is 1. The van der Waals surface area contributed by atoms with Crippen LogP contribution in [-0.4, -0.2) is 66.6 Å². The van der Waals surface area contributed by atoms with Gasteiger partial charge in [0.2, 0.25) is 0 Å². The van der Waals surface area contributed by atoms with E-state index in [9.17, 15) is 18.4 Å². The van der Waals surface area contributed by atoms with E-state index in [0.29, 0.717) is 17.1 Å². The van der Waals surface area contributed by atoms with Crippen LogP contribution in [-0.2, 0) is 5.41 Å². The number of carbonyl (C=O) groups excluding carboxylic acids is 2. The molecule has 38 heavy (non-hydrogen) atoms. The average Bonchev–Trinajstić information content (AvgIpc) is 3.40. The van der Waals surface area contributed by atoms with Crippen molar-refractivity contribution in [2.45, 2.75) is 31.3 Å². The smallest absolute Gasteiger partial charge is 0.324 e. The van der Waals surface area contributed by atoms with E-state index < -0.39 is 24.8 Å². The van der Waals surface area contributed by atoms with Crippen LogP contribution in [0.15, 0.2) is 53.2 Å². The molecule has 3 aromatic rings. The SMILES string of the molecule is CN1CCC(Oc2ccc(C(=O)Nc3ccc(NC(=O)Nc4cc(C(C)(CF)CF)on4)cc3)nc2)CC1. The first-order valence-corrected chi connectivity index (χ1v) is 12.2. The Morgan fingerprint density at radius 3 is 2.32 bits per heavy atom. The lowest BCUT2D eigenvalue weighted by atomic mass is 9.91. The molecule has 1 aliphatic rings. The summed E-state index contributed by atoms with van der Waals surface area (Å²) in [7, 11) is 2.09. The number of piperidine rings is 1. The van der Waals surface area contributed by atoms with Crippen molar-refractivity contribution >= 4 is 29.1 Å². The second kappa shape index (κ2) is 12.0. The number of rotatable bonds is 9. The molecule has 2 aromatic heterocycles. The number of carbonyl (C=O) groups is 2. The standard InChI is InChI=1S/C26H30F2N6O4/c1-26(15-27,16-28)22-13-23(33-38-22)32-25(36)31-18-5-3-17(4-6-18)30-24(35)21-8-7-20(14-29-21)37-19-9-11-34(2)12-10-19/h3-8,13-14,19H,9-12,15-16H2,1-2H3,(H,30,35)(H2,31,32,33,36). The molecular weight excluding hydrogens is 498 g/mol. The second-order valence-electron chi connectivity index (χ2n) is 9.51. The number of nitrogens with zero attached hydrogens (tertiary/aromatic N) is 3. The quantitative estimate of drug-likeness (QED) is 0.370. The minimum Gasteiger partial charge on any atom is -0.489 e. The molecule has 0 atom stereocenters. The molecule has 12 heteroatoms. The Morgan fingerprint density at radius 2 is 1.71 bits per heavy atom. The summed E-state index contributed by atoms with van der Waals surface area (Å²) < 4.78 is 37.2. The summed E-state index contributed by atoms with van der Waals surface area (Å²) in [6.45, 7) is 1.39. The number of pyridine rings is 1. The predicted octanol–water partition coefficient (Wildman–Crippen LogP) is 4.64. The number of hydrogen-bond acceptors (Lipinski definition) is 7. The fourth-order valence-electron chi connectivity index (χ4n) is 3.78. The summed E-state index contributed by atoms with van der Waals surface area (Å²) in [5.74, 6) is 0.256. The van der Waals surface area contributed by atoms with Crippen molar-refractivity contribution in [3.63, 3.8) is 0 Å². The van der Waals surface area contributed by atoms with E-state index in [1.165, 1.54) is 13.0 Å². The average molecular weight is 529 g/mol. The minimum absolute atomic E-state index is 0.00759. The Morgan fingerprint density at radius 1 is 1.05 bits per heavy atom. The molecule has 1 aliphatic heterocycles. The number of hydrogen-bond donors (Lipinski definition) is 3. The van der Waals surface area contributed by atoms with Crippen LogP contribution >= 0.6 is 0 Å². The maximum absolute atomic E-state index is 13.1. The Balaban J connectivity index is 1.26. The highest BCUT2D eigenvalue weighted by atomic mass is 19.1. The normalized spacial score (nSPS) is 14.6. The summed E-state index contributed by atoms with van der Waals surface area (Å²) in [6, 6.07) is 10.4. The maximum atomic E-state index is 13.1. The fraction of sp³-hybridized carbons (Fsp3) is 0.385. The lowest BCUT2D eigenvalue weighted by molar-refractivity contribution is 0.102. The molecule has 3 N–H and O–H groups in total. The highest BCUT2D eigenvalue weighted by Crippen LogP contribution is 2.27. The highest BCUT2D eigenvalue weighted by molar-refractivity contribution is 6.03. The van der Waals surface area contributed by atoms with Gasteiger partial charge in [0, 0.05) is 30.5 Å². The first-order valence-electron chi connectivity index (χ1n) is 12.2. The van der Waals surface area contributed by atoms with Crippen molar-refractivity contribution in [3.8, 4) is 5.75 Å². The summed E-state index contributed by atoms with van der Waals surface area (Å²) >= 11 is 0. The zero-order chi connectivity index (χ0) is 27.1. The van der Waals surface area contributed by atoms with Crippen LogP contribution in [0.25, 0.3) is 0 Å². The van der Waals surface area contributed by atoms with Crippen molar-refractivity contribution in [2.24, 2.45) is 0 Å². The van der Waals surface area contributed by atoms with E-state index >= 15 is 0 Å². The fourth-order valence-corrected chi connectivity index (χ4v) is 3.78. The number of halogens is 2. The van der Waals surface area contributed by atoms with E-state index in [4.69, 9.17) is 9.26 Å². The molecule has 3 amide bonds. The van der Waals surface area contributed by atoms with E-state index in [-0.39, 0.29) is 29.3 Å². The van der Waals surface area contributed by atoms with Gasteiger partial charge in [0.25, 0.3) is 5.91 Å². The first kappa shape index (κ1) is 27.0.